The summed E-state index contributed by atoms with van der Waals surface area (Å²) in [5.74, 6) is 6.85. The Morgan fingerprint density at radius 3 is 2.79 bits per heavy atom. The summed E-state index contributed by atoms with van der Waals surface area (Å²) in [6.07, 6.45) is 9.61. The van der Waals surface area contributed by atoms with E-state index < -0.39 is 0 Å². The number of unbranched alkanes of at least 4 members (excludes halogenated alkanes) is 1. The van der Waals surface area contributed by atoms with Crippen molar-refractivity contribution in [2.24, 2.45) is 5.41 Å². The van der Waals surface area contributed by atoms with E-state index >= 15 is 0 Å². The van der Waals surface area contributed by atoms with Crippen LogP contribution in [0, 0.1) is 17.3 Å². The first-order chi connectivity index (χ1) is 6.75. The van der Waals surface area contributed by atoms with Gasteiger partial charge in [0, 0.05) is 6.42 Å². The quantitative estimate of drug-likeness (QED) is 0.449. The summed E-state index contributed by atoms with van der Waals surface area (Å²) >= 11 is 0. The molecule has 0 saturated carbocycles. The molecule has 0 bridgehead atoms. The lowest BCUT2D eigenvalue weighted by Gasteiger charge is -2.31. The van der Waals surface area contributed by atoms with Crippen LogP contribution in [0.25, 0.3) is 0 Å². The summed E-state index contributed by atoms with van der Waals surface area (Å²) < 4.78 is 0. The highest BCUT2D eigenvalue weighted by Gasteiger charge is 2.29. The van der Waals surface area contributed by atoms with E-state index in [1.807, 2.05) is 0 Å². The Labute approximate surface area is 88.8 Å². The zero-order chi connectivity index (χ0) is 10.4. The molecule has 14 heavy (non-hydrogen) atoms. The van der Waals surface area contributed by atoms with Crippen LogP contribution < -0.4 is 0 Å². The van der Waals surface area contributed by atoms with Gasteiger partial charge in [-0.15, -0.1) is 5.92 Å². The van der Waals surface area contributed by atoms with Crippen LogP contribution in [0.4, 0.5) is 0 Å². The van der Waals surface area contributed by atoms with Crippen LogP contribution in [-0.4, -0.2) is 0 Å². The molecule has 78 valence electrons. The molecule has 0 N–H and O–H groups in total. The zero-order valence-electron chi connectivity index (χ0n) is 9.82. The average molecular weight is 190 g/mol. The van der Waals surface area contributed by atoms with Crippen molar-refractivity contribution >= 4 is 0 Å². The maximum Gasteiger partial charge on any atom is 0.0517 e. The minimum atomic E-state index is 0.230. The second-order valence-electron chi connectivity index (χ2n) is 4.27. The van der Waals surface area contributed by atoms with E-state index in [1.165, 1.54) is 37.7 Å². The third-order valence-electron chi connectivity index (χ3n) is 3.32. The van der Waals surface area contributed by atoms with E-state index in [-0.39, 0.29) is 5.41 Å². The van der Waals surface area contributed by atoms with E-state index in [2.05, 4.69) is 38.7 Å². The largest absolute Gasteiger partial charge is 0.102 e. The molecule has 0 saturated heterocycles. The Kier molecular flexibility index (Phi) is 4.26. The third-order valence-corrected chi connectivity index (χ3v) is 3.32. The fraction of sp³-hybridized carbons (Fsp3) is 0.714. The highest BCUT2D eigenvalue weighted by atomic mass is 14.3. The fourth-order valence-electron chi connectivity index (χ4n) is 2.18. The van der Waals surface area contributed by atoms with Crippen molar-refractivity contribution in [3.05, 3.63) is 11.6 Å². The van der Waals surface area contributed by atoms with E-state index in [9.17, 15) is 0 Å². The van der Waals surface area contributed by atoms with Crippen LogP contribution >= 0.6 is 0 Å². The van der Waals surface area contributed by atoms with Crippen LogP contribution in [0.3, 0.4) is 0 Å². The minimum Gasteiger partial charge on any atom is -0.102 e. The molecule has 1 atom stereocenters. The Hall–Kier alpha value is -0.700. The number of hydrogen-bond donors (Lipinski definition) is 0. The van der Waals surface area contributed by atoms with Crippen molar-refractivity contribution in [1.29, 1.82) is 0 Å². The standard InChI is InChI=1S/C14H22/c1-4-6-8-11-14(5-2)12-9-7-10-13(14)3/h10H,4-7,9,12H2,1-3H3. The molecule has 0 fully saturated rings. The van der Waals surface area contributed by atoms with E-state index in [4.69, 9.17) is 0 Å². The van der Waals surface area contributed by atoms with Crippen LogP contribution in [0.1, 0.15) is 59.3 Å². The van der Waals surface area contributed by atoms with Gasteiger partial charge in [-0.3, -0.25) is 0 Å². The number of hydrogen-bond acceptors (Lipinski definition) is 0. The van der Waals surface area contributed by atoms with Gasteiger partial charge in [-0.05, 0) is 39.0 Å². The van der Waals surface area contributed by atoms with Crippen molar-refractivity contribution in [1.82, 2.24) is 0 Å². The Morgan fingerprint density at radius 2 is 2.21 bits per heavy atom. The van der Waals surface area contributed by atoms with Crippen molar-refractivity contribution in [3.8, 4) is 11.8 Å². The predicted octanol–water partition coefficient (Wildman–Crippen LogP) is 4.32. The second-order valence-corrected chi connectivity index (χ2v) is 4.27. The maximum atomic E-state index is 3.52. The molecule has 0 aromatic heterocycles. The van der Waals surface area contributed by atoms with Gasteiger partial charge < -0.3 is 0 Å². The number of rotatable bonds is 2. The van der Waals surface area contributed by atoms with Gasteiger partial charge in [-0.1, -0.05) is 31.4 Å². The van der Waals surface area contributed by atoms with E-state index in [1.54, 1.807) is 0 Å². The lowest BCUT2D eigenvalue weighted by atomic mass is 9.72. The Bertz CT molecular complexity index is 261. The molecule has 1 aliphatic carbocycles. The van der Waals surface area contributed by atoms with Gasteiger partial charge in [0.05, 0.1) is 5.41 Å². The van der Waals surface area contributed by atoms with Crippen molar-refractivity contribution in [2.75, 3.05) is 0 Å². The molecule has 1 rings (SSSR count). The lowest BCUT2D eigenvalue weighted by Crippen LogP contribution is -2.21. The molecule has 0 aliphatic heterocycles. The average Bonchev–Trinajstić information content (AvgIpc) is 2.21. The van der Waals surface area contributed by atoms with Gasteiger partial charge in [0.25, 0.3) is 0 Å². The van der Waals surface area contributed by atoms with E-state index in [0.717, 1.165) is 6.42 Å². The summed E-state index contributed by atoms with van der Waals surface area (Å²) in [4.78, 5) is 0. The smallest absolute Gasteiger partial charge is 0.0517 e. The van der Waals surface area contributed by atoms with Gasteiger partial charge in [0.1, 0.15) is 0 Å². The van der Waals surface area contributed by atoms with Crippen LogP contribution in [0.5, 0.6) is 0 Å². The topological polar surface area (TPSA) is 0 Å². The first-order valence-corrected chi connectivity index (χ1v) is 5.92. The van der Waals surface area contributed by atoms with Gasteiger partial charge in [-0.25, -0.2) is 0 Å². The molecule has 0 spiro atoms. The Morgan fingerprint density at radius 1 is 1.43 bits per heavy atom. The minimum absolute atomic E-state index is 0.230. The molecule has 0 heterocycles. The number of allylic oxidation sites excluding steroid dienone is 2. The summed E-state index contributed by atoms with van der Waals surface area (Å²) in [7, 11) is 0. The summed E-state index contributed by atoms with van der Waals surface area (Å²) in [6, 6.07) is 0. The van der Waals surface area contributed by atoms with Gasteiger partial charge in [0.2, 0.25) is 0 Å². The summed E-state index contributed by atoms with van der Waals surface area (Å²) in [6.45, 7) is 6.71. The molecule has 0 heteroatoms. The molecule has 1 aliphatic rings. The summed E-state index contributed by atoms with van der Waals surface area (Å²) in [5, 5.41) is 0. The zero-order valence-corrected chi connectivity index (χ0v) is 9.82. The van der Waals surface area contributed by atoms with Crippen molar-refractivity contribution < 1.29 is 0 Å². The molecule has 0 radical (unpaired) electrons. The molecule has 0 aromatic carbocycles. The van der Waals surface area contributed by atoms with Gasteiger partial charge in [-0.2, -0.15) is 0 Å². The van der Waals surface area contributed by atoms with Gasteiger partial charge in [0.15, 0.2) is 0 Å². The first kappa shape index (κ1) is 11.4. The lowest BCUT2D eigenvalue weighted by molar-refractivity contribution is 0.392. The van der Waals surface area contributed by atoms with Crippen molar-refractivity contribution in [2.45, 2.75) is 59.3 Å². The monoisotopic (exact) mass is 190 g/mol. The van der Waals surface area contributed by atoms with E-state index in [0.29, 0.717) is 0 Å². The normalized spacial score (nSPS) is 26.4. The predicted molar refractivity (Wildman–Crippen MR) is 63.0 cm³/mol. The third kappa shape index (κ3) is 2.41. The summed E-state index contributed by atoms with van der Waals surface area (Å²) in [5.41, 5.74) is 1.74. The molecule has 0 aromatic rings. The maximum absolute atomic E-state index is 3.52. The fourth-order valence-corrected chi connectivity index (χ4v) is 2.18. The van der Waals surface area contributed by atoms with Crippen LogP contribution in [0.2, 0.25) is 0 Å². The molecular weight excluding hydrogens is 168 g/mol. The molecule has 0 nitrogen and oxygen atoms in total. The Balaban J connectivity index is 2.81. The SMILES string of the molecule is CCCC#CC1(CC)CCCC=C1C. The van der Waals surface area contributed by atoms with Crippen LogP contribution in [0.15, 0.2) is 11.6 Å². The molecule has 0 amide bonds. The highest BCUT2D eigenvalue weighted by molar-refractivity contribution is 5.28. The van der Waals surface area contributed by atoms with Crippen molar-refractivity contribution in [3.63, 3.8) is 0 Å². The molecular formula is C14H22. The highest BCUT2D eigenvalue weighted by Crippen LogP contribution is 2.39. The molecule has 1 unspecified atom stereocenters. The van der Waals surface area contributed by atoms with Crippen LogP contribution in [-0.2, 0) is 0 Å². The van der Waals surface area contributed by atoms with Gasteiger partial charge >= 0.3 is 0 Å². The second kappa shape index (κ2) is 5.25. The first-order valence-electron chi connectivity index (χ1n) is 5.92.